The first-order valence-electron chi connectivity index (χ1n) is 9.33. The number of aromatic amines is 1. The van der Waals surface area contributed by atoms with Gasteiger partial charge in [0.15, 0.2) is 5.65 Å². The van der Waals surface area contributed by atoms with Crippen molar-refractivity contribution in [3.05, 3.63) is 82.2 Å². The van der Waals surface area contributed by atoms with E-state index in [1.165, 1.54) is 29.2 Å². The standard InChI is InChI=1S/C21H12F3N7O/c22-21(23,24)14-3-1-2-13(6-14)10-30-18-16(28-20(30)32)9-26-19(29-18)31-11-27-15-5-4-12(8-25)7-17(15)31/h1-7,9,11H,10H2,(H,28,32). The van der Waals surface area contributed by atoms with Crippen LogP contribution in [0.3, 0.4) is 0 Å². The van der Waals surface area contributed by atoms with E-state index in [9.17, 15) is 18.0 Å². The molecule has 5 rings (SSSR count). The van der Waals surface area contributed by atoms with Crippen molar-refractivity contribution in [2.24, 2.45) is 0 Å². The topological polar surface area (TPSA) is 105 Å². The lowest BCUT2D eigenvalue weighted by molar-refractivity contribution is -0.137. The van der Waals surface area contributed by atoms with E-state index in [0.717, 1.165) is 12.1 Å². The van der Waals surface area contributed by atoms with E-state index >= 15 is 0 Å². The second kappa shape index (κ2) is 7.05. The van der Waals surface area contributed by atoms with E-state index < -0.39 is 17.4 Å². The number of hydrogen-bond donors (Lipinski definition) is 1. The van der Waals surface area contributed by atoms with Crippen molar-refractivity contribution in [3.63, 3.8) is 0 Å². The molecule has 0 spiro atoms. The second-order valence-electron chi connectivity index (χ2n) is 7.05. The van der Waals surface area contributed by atoms with Crippen LogP contribution in [0.15, 0.2) is 59.8 Å². The van der Waals surface area contributed by atoms with Crippen LogP contribution in [0.1, 0.15) is 16.7 Å². The van der Waals surface area contributed by atoms with E-state index in [1.807, 2.05) is 0 Å². The molecule has 0 aliphatic carbocycles. The summed E-state index contributed by atoms with van der Waals surface area (Å²) < 4.78 is 42.0. The normalized spacial score (nSPS) is 11.8. The van der Waals surface area contributed by atoms with Gasteiger partial charge in [-0.3, -0.25) is 9.13 Å². The van der Waals surface area contributed by atoms with Crippen LogP contribution in [0.2, 0.25) is 0 Å². The predicted molar refractivity (Wildman–Crippen MR) is 108 cm³/mol. The highest BCUT2D eigenvalue weighted by Gasteiger charge is 2.30. The second-order valence-corrected chi connectivity index (χ2v) is 7.05. The van der Waals surface area contributed by atoms with Gasteiger partial charge < -0.3 is 4.98 Å². The minimum atomic E-state index is -4.48. The lowest BCUT2D eigenvalue weighted by atomic mass is 10.1. The lowest BCUT2D eigenvalue weighted by Crippen LogP contribution is -2.18. The summed E-state index contributed by atoms with van der Waals surface area (Å²) in [5.41, 5.74) is 1.22. The summed E-state index contributed by atoms with van der Waals surface area (Å²) in [5.74, 6) is 0.201. The first kappa shape index (κ1) is 19.5. The van der Waals surface area contributed by atoms with Gasteiger partial charge in [0.05, 0.1) is 41.0 Å². The van der Waals surface area contributed by atoms with Crippen LogP contribution in [0, 0.1) is 11.3 Å². The monoisotopic (exact) mass is 435 g/mol. The molecule has 8 nitrogen and oxygen atoms in total. The van der Waals surface area contributed by atoms with Crippen molar-refractivity contribution < 1.29 is 13.2 Å². The van der Waals surface area contributed by atoms with Crippen molar-refractivity contribution in [2.75, 3.05) is 0 Å². The van der Waals surface area contributed by atoms with Crippen LogP contribution in [-0.2, 0) is 12.7 Å². The Balaban J connectivity index is 1.61. The molecule has 0 fully saturated rings. The van der Waals surface area contributed by atoms with Crippen molar-refractivity contribution in [2.45, 2.75) is 12.7 Å². The van der Waals surface area contributed by atoms with Gasteiger partial charge in [-0.2, -0.15) is 23.4 Å². The van der Waals surface area contributed by atoms with Crippen LogP contribution in [0.5, 0.6) is 0 Å². The largest absolute Gasteiger partial charge is 0.416 e. The van der Waals surface area contributed by atoms with Crippen molar-refractivity contribution in [3.8, 4) is 12.0 Å². The molecule has 158 valence electrons. The van der Waals surface area contributed by atoms with Gasteiger partial charge in [0.1, 0.15) is 11.8 Å². The highest BCUT2D eigenvalue weighted by Crippen LogP contribution is 2.29. The number of halogens is 3. The Morgan fingerprint density at radius 1 is 1.12 bits per heavy atom. The molecule has 0 bridgehead atoms. The molecule has 5 aromatic rings. The van der Waals surface area contributed by atoms with E-state index in [2.05, 4.69) is 26.0 Å². The van der Waals surface area contributed by atoms with Crippen molar-refractivity contribution in [1.29, 1.82) is 5.26 Å². The number of hydrogen-bond acceptors (Lipinski definition) is 5. The average molecular weight is 435 g/mol. The zero-order chi connectivity index (χ0) is 22.5. The first-order chi connectivity index (χ1) is 15.3. The molecule has 0 radical (unpaired) electrons. The molecule has 3 aromatic heterocycles. The fourth-order valence-electron chi connectivity index (χ4n) is 3.46. The van der Waals surface area contributed by atoms with E-state index in [4.69, 9.17) is 5.26 Å². The van der Waals surface area contributed by atoms with Gasteiger partial charge in [-0.1, -0.05) is 12.1 Å². The molecular formula is C21H12F3N7O. The zero-order valence-electron chi connectivity index (χ0n) is 16.1. The van der Waals surface area contributed by atoms with Crippen LogP contribution in [-0.4, -0.2) is 29.1 Å². The summed E-state index contributed by atoms with van der Waals surface area (Å²) in [5, 5.41) is 9.16. The minimum Gasteiger partial charge on any atom is -0.303 e. The molecule has 0 unspecified atom stereocenters. The van der Waals surface area contributed by atoms with Gasteiger partial charge in [0, 0.05) is 0 Å². The summed E-state index contributed by atoms with van der Waals surface area (Å²) >= 11 is 0. The number of aromatic nitrogens is 6. The molecule has 3 heterocycles. The average Bonchev–Trinajstić information content (AvgIpc) is 3.33. The number of nitriles is 1. The Hall–Kier alpha value is -4.46. The van der Waals surface area contributed by atoms with Crippen LogP contribution >= 0.6 is 0 Å². The number of nitrogens with zero attached hydrogens (tertiary/aromatic N) is 6. The van der Waals surface area contributed by atoms with Crippen molar-refractivity contribution in [1.82, 2.24) is 29.1 Å². The maximum Gasteiger partial charge on any atom is 0.416 e. The third-order valence-electron chi connectivity index (χ3n) is 4.99. The highest BCUT2D eigenvalue weighted by molar-refractivity contribution is 5.79. The Morgan fingerprint density at radius 3 is 2.75 bits per heavy atom. The van der Waals surface area contributed by atoms with Crippen LogP contribution in [0.4, 0.5) is 13.2 Å². The summed E-state index contributed by atoms with van der Waals surface area (Å²) in [7, 11) is 0. The summed E-state index contributed by atoms with van der Waals surface area (Å²) in [6.45, 7) is -0.109. The fourth-order valence-corrected chi connectivity index (χ4v) is 3.46. The SMILES string of the molecule is N#Cc1ccc2ncn(-c3ncc4[nH]c(=O)n(Cc5cccc(C(F)(F)F)c5)c4n3)c2c1. The Bertz CT molecular complexity index is 1590. The summed E-state index contributed by atoms with van der Waals surface area (Å²) in [6.07, 6.45) is -1.57. The molecule has 2 aromatic carbocycles. The van der Waals surface area contributed by atoms with Gasteiger partial charge in [-0.05, 0) is 35.9 Å². The molecule has 0 atom stereocenters. The molecule has 11 heteroatoms. The molecule has 32 heavy (non-hydrogen) atoms. The van der Waals surface area contributed by atoms with Gasteiger partial charge in [0.2, 0.25) is 5.95 Å². The Kier molecular flexibility index (Phi) is 4.30. The first-order valence-corrected chi connectivity index (χ1v) is 9.33. The van der Waals surface area contributed by atoms with E-state index in [-0.39, 0.29) is 18.1 Å². The smallest absolute Gasteiger partial charge is 0.303 e. The molecule has 0 aliphatic rings. The van der Waals surface area contributed by atoms with Crippen LogP contribution < -0.4 is 5.69 Å². The fraction of sp³-hybridized carbons (Fsp3) is 0.0952. The third-order valence-corrected chi connectivity index (χ3v) is 4.99. The molecule has 0 amide bonds. The number of H-pyrrole nitrogens is 1. The van der Waals surface area contributed by atoms with Gasteiger partial charge >= 0.3 is 11.9 Å². The van der Waals surface area contributed by atoms with Gasteiger partial charge in [0.25, 0.3) is 0 Å². The molecule has 0 saturated heterocycles. The van der Waals surface area contributed by atoms with E-state index in [1.54, 1.807) is 22.8 Å². The Morgan fingerprint density at radius 2 is 1.97 bits per heavy atom. The molecule has 1 N–H and O–H groups in total. The van der Waals surface area contributed by atoms with E-state index in [0.29, 0.717) is 27.7 Å². The summed E-state index contributed by atoms with van der Waals surface area (Å²) in [4.78, 5) is 28.1. The lowest BCUT2D eigenvalue weighted by Gasteiger charge is -2.09. The van der Waals surface area contributed by atoms with Gasteiger partial charge in [-0.15, -0.1) is 0 Å². The summed E-state index contributed by atoms with van der Waals surface area (Å²) in [6, 6.07) is 11.8. The molecule has 0 aliphatic heterocycles. The zero-order valence-corrected chi connectivity index (χ0v) is 16.1. The quantitative estimate of drug-likeness (QED) is 0.468. The maximum absolute atomic E-state index is 13.0. The van der Waals surface area contributed by atoms with Crippen LogP contribution in [0.25, 0.3) is 28.1 Å². The number of rotatable bonds is 3. The number of imidazole rings is 2. The van der Waals surface area contributed by atoms with Crippen molar-refractivity contribution >= 4 is 22.2 Å². The minimum absolute atomic E-state index is 0.109. The highest BCUT2D eigenvalue weighted by atomic mass is 19.4. The predicted octanol–water partition coefficient (Wildman–Crippen LogP) is 3.40. The molecular weight excluding hydrogens is 423 g/mol. The number of alkyl halides is 3. The number of benzene rings is 2. The molecule has 0 saturated carbocycles. The number of nitrogens with one attached hydrogen (secondary N) is 1. The third kappa shape index (κ3) is 3.27. The number of fused-ring (bicyclic) bond motifs is 2. The maximum atomic E-state index is 13.0. The Labute approximate surface area is 177 Å². The van der Waals surface area contributed by atoms with Gasteiger partial charge in [-0.25, -0.2) is 14.8 Å².